The zero-order valence-electron chi connectivity index (χ0n) is 18.0. The number of aryl methyl sites for hydroxylation is 1. The van der Waals surface area contributed by atoms with Crippen LogP contribution in [0.3, 0.4) is 0 Å². The topological polar surface area (TPSA) is 66.5 Å². The van der Waals surface area contributed by atoms with Gasteiger partial charge in [-0.25, -0.2) is 12.7 Å². The Labute approximate surface area is 180 Å². The maximum absolute atomic E-state index is 13.1. The summed E-state index contributed by atoms with van der Waals surface area (Å²) >= 11 is 0. The van der Waals surface area contributed by atoms with Crippen LogP contribution in [0.1, 0.15) is 62.5 Å². The first-order valence-corrected chi connectivity index (χ1v) is 13.3. The number of sulfonamides is 1. The van der Waals surface area contributed by atoms with Crippen molar-refractivity contribution in [2.75, 3.05) is 13.1 Å². The highest BCUT2D eigenvalue weighted by Gasteiger charge is 2.52. The van der Waals surface area contributed by atoms with E-state index in [0.29, 0.717) is 25.9 Å². The Morgan fingerprint density at radius 1 is 1.07 bits per heavy atom. The van der Waals surface area contributed by atoms with Crippen molar-refractivity contribution in [3.05, 3.63) is 35.4 Å². The Kier molecular flexibility index (Phi) is 5.21. The molecule has 0 atom stereocenters. The first kappa shape index (κ1) is 20.5. The molecule has 4 aliphatic carbocycles. The average molecular weight is 431 g/mol. The SMILES string of the molecule is Cc1cccc(CS(=O)(=O)N2CCC(C(=O)NC34CC5CC(CC(C5)C3)C4)CC2)c1. The number of hydrogen-bond acceptors (Lipinski definition) is 3. The summed E-state index contributed by atoms with van der Waals surface area (Å²) in [4.78, 5) is 13.1. The van der Waals surface area contributed by atoms with Crippen molar-refractivity contribution in [3.63, 3.8) is 0 Å². The number of carbonyl (C=O) groups is 1. The number of amides is 1. The molecule has 1 heterocycles. The number of nitrogens with zero attached hydrogens (tertiary/aromatic N) is 1. The van der Waals surface area contributed by atoms with Crippen LogP contribution < -0.4 is 5.32 Å². The molecule has 5 nitrogen and oxygen atoms in total. The van der Waals surface area contributed by atoms with E-state index in [1.54, 1.807) is 4.31 Å². The van der Waals surface area contributed by atoms with E-state index in [0.717, 1.165) is 48.1 Å². The van der Waals surface area contributed by atoms with E-state index in [-0.39, 0.29) is 23.1 Å². The molecule has 1 aromatic carbocycles. The second kappa shape index (κ2) is 7.63. The molecule has 164 valence electrons. The maximum Gasteiger partial charge on any atom is 0.223 e. The van der Waals surface area contributed by atoms with Gasteiger partial charge >= 0.3 is 0 Å². The van der Waals surface area contributed by atoms with Crippen LogP contribution in [-0.4, -0.2) is 37.3 Å². The van der Waals surface area contributed by atoms with Crippen molar-refractivity contribution in [1.82, 2.24) is 9.62 Å². The van der Waals surface area contributed by atoms with Gasteiger partial charge in [0, 0.05) is 24.5 Å². The summed E-state index contributed by atoms with van der Waals surface area (Å²) in [6.45, 7) is 2.88. The van der Waals surface area contributed by atoms with Gasteiger partial charge in [0.05, 0.1) is 5.75 Å². The smallest absolute Gasteiger partial charge is 0.223 e. The van der Waals surface area contributed by atoms with E-state index in [9.17, 15) is 13.2 Å². The van der Waals surface area contributed by atoms with Crippen LogP contribution in [0.5, 0.6) is 0 Å². The van der Waals surface area contributed by atoms with Crippen molar-refractivity contribution in [1.29, 1.82) is 0 Å². The fourth-order valence-corrected chi connectivity index (χ4v) is 8.68. The molecule has 5 fully saturated rings. The van der Waals surface area contributed by atoms with Crippen LogP contribution in [-0.2, 0) is 20.6 Å². The van der Waals surface area contributed by atoms with Gasteiger partial charge in [-0.2, -0.15) is 0 Å². The number of piperidine rings is 1. The zero-order valence-corrected chi connectivity index (χ0v) is 18.8. The van der Waals surface area contributed by atoms with Crippen LogP contribution in [0.25, 0.3) is 0 Å². The Hall–Kier alpha value is -1.40. The molecule has 0 spiro atoms. The van der Waals surface area contributed by atoms with E-state index in [4.69, 9.17) is 0 Å². The van der Waals surface area contributed by atoms with Crippen LogP contribution in [0, 0.1) is 30.6 Å². The number of hydrogen-bond donors (Lipinski definition) is 1. The van der Waals surface area contributed by atoms with Gasteiger partial charge in [0.2, 0.25) is 15.9 Å². The lowest BCUT2D eigenvalue weighted by atomic mass is 9.53. The molecule has 5 aliphatic rings. The van der Waals surface area contributed by atoms with Gasteiger partial charge in [0.15, 0.2) is 0 Å². The summed E-state index contributed by atoms with van der Waals surface area (Å²) in [7, 11) is -3.34. The zero-order chi connectivity index (χ0) is 20.9. The molecule has 0 unspecified atom stereocenters. The second-order valence-corrected chi connectivity index (χ2v) is 12.6. The lowest BCUT2D eigenvalue weighted by molar-refractivity contribution is -0.132. The third kappa shape index (κ3) is 4.05. The van der Waals surface area contributed by atoms with Gasteiger partial charge in [-0.15, -0.1) is 0 Å². The lowest BCUT2D eigenvalue weighted by Gasteiger charge is -2.57. The quantitative estimate of drug-likeness (QED) is 0.776. The highest BCUT2D eigenvalue weighted by molar-refractivity contribution is 7.88. The van der Waals surface area contributed by atoms with Crippen molar-refractivity contribution in [3.8, 4) is 0 Å². The molecule has 0 radical (unpaired) electrons. The molecule has 1 aromatic rings. The molecule has 1 amide bonds. The first-order valence-electron chi connectivity index (χ1n) is 11.7. The highest BCUT2D eigenvalue weighted by atomic mass is 32.2. The molecule has 4 bridgehead atoms. The summed E-state index contributed by atoms with van der Waals surface area (Å²) in [5.41, 5.74) is 1.94. The summed E-state index contributed by atoms with van der Waals surface area (Å²) in [6.07, 6.45) is 8.85. The number of benzene rings is 1. The van der Waals surface area contributed by atoms with Crippen molar-refractivity contribution in [2.24, 2.45) is 23.7 Å². The molecule has 1 saturated heterocycles. The minimum Gasteiger partial charge on any atom is -0.350 e. The molecular weight excluding hydrogens is 396 g/mol. The molecule has 1 aliphatic heterocycles. The van der Waals surface area contributed by atoms with Gasteiger partial charge in [-0.05, 0) is 81.6 Å². The van der Waals surface area contributed by atoms with Crippen LogP contribution in [0.2, 0.25) is 0 Å². The third-order valence-electron chi connectivity index (χ3n) is 8.08. The van der Waals surface area contributed by atoms with E-state index in [1.807, 2.05) is 31.2 Å². The van der Waals surface area contributed by atoms with E-state index < -0.39 is 10.0 Å². The predicted molar refractivity (Wildman–Crippen MR) is 117 cm³/mol. The third-order valence-corrected chi connectivity index (χ3v) is 9.93. The predicted octanol–water partition coefficient (Wildman–Crippen LogP) is 3.62. The van der Waals surface area contributed by atoms with Gasteiger partial charge in [-0.1, -0.05) is 29.8 Å². The van der Waals surface area contributed by atoms with E-state index in [1.165, 1.54) is 19.3 Å². The molecule has 6 rings (SSSR count). The Balaban J connectivity index is 1.17. The van der Waals surface area contributed by atoms with Crippen LogP contribution >= 0.6 is 0 Å². The Bertz CT molecular complexity index is 883. The number of carbonyl (C=O) groups excluding carboxylic acids is 1. The molecule has 6 heteroatoms. The van der Waals surface area contributed by atoms with Crippen molar-refractivity contribution < 1.29 is 13.2 Å². The fraction of sp³-hybridized carbons (Fsp3) is 0.708. The largest absolute Gasteiger partial charge is 0.350 e. The fourth-order valence-electron chi connectivity index (χ4n) is 7.13. The number of rotatable bonds is 5. The highest BCUT2D eigenvalue weighted by Crippen LogP contribution is 2.55. The molecular formula is C24H34N2O3S. The van der Waals surface area contributed by atoms with Gasteiger partial charge in [0.1, 0.15) is 0 Å². The Morgan fingerprint density at radius 3 is 2.23 bits per heavy atom. The average Bonchev–Trinajstić information content (AvgIpc) is 2.66. The standard InChI is InChI=1S/C24H34N2O3S/c1-17-3-2-4-18(9-17)16-30(28,29)26-7-5-22(6-8-26)23(27)25-24-13-19-10-20(14-24)12-21(11-19)15-24/h2-4,9,19-22H,5-8,10-16H2,1H3,(H,25,27). The minimum atomic E-state index is -3.34. The maximum atomic E-state index is 13.1. The first-order chi connectivity index (χ1) is 14.3. The van der Waals surface area contributed by atoms with E-state index in [2.05, 4.69) is 5.32 Å². The molecule has 1 N–H and O–H groups in total. The van der Waals surface area contributed by atoms with Crippen LogP contribution in [0.4, 0.5) is 0 Å². The van der Waals surface area contributed by atoms with Crippen molar-refractivity contribution >= 4 is 15.9 Å². The molecule has 30 heavy (non-hydrogen) atoms. The van der Waals surface area contributed by atoms with Crippen LogP contribution in [0.15, 0.2) is 24.3 Å². The lowest BCUT2D eigenvalue weighted by Crippen LogP contribution is -2.61. The van der Waals surface area contributed by atoms with E-state index >= 15 is 0 Å². The summed E-state index contributed by atoms with van der Waals surface area (Å²) in [6, 6.07) is 7.69. The molecule has 4 saturated carbocycles. The van der Waals surface area contributed by atoms with Gasteiger partial charge in [0.25, 0.3) is 0 Å². The second-order valence-electron chi connectivity index (χ2n) is 10.6. The summed E-state index contributed by atoms with van der Waals surface area (Å²) < 4.78 is 27.3. The monoisotopic (exact) mass is 430 g/mol. The molecule has 0 aromatic heterocycles. The number of nitrogens with one attached hydrogen (secondary N) is 1. The summed E-state index contributed by atoms with van der Waals surface area (Å²) in [5.74, 6) is 2.59. The minimum absolute atomic E-state index is 0.0405. The van der Waals surface area contributed by atoms with Crippen molar-refractivity contribution in [2.45, 2.75) is 69.6 Å². The summed E-state index contributed by atoms with van der Waals surface area (Å²) in [5, 5.41) is 3.49. The Morgan fingerprint density at radius 2 is 1.67 bits per heavy atom. The normalized spacial score (nSPS) is 34.2. The van der Waals surface area contributed by atoms with Gasteiger partial charge in [-0.3, -0.25) is 4.79 Å². The van der Waals surface area contributed by atoms with Gasteiger partial charge < -0.3 is 5.32 Å².